The fourth-order valence-corrected chi connectivity index (χ4v) is 2.64. The Hall–Kier alpha value is -2.14. The molecule has 1 aliphatic rings. The maximum Gasteiger partial charge on any atom is 0.254 e. The number of aliphatic hydroxyl groups is 1. The van der Waals surface area contributed by atoms with Gasteiger partial charge in [-0.15, -0.1) is 0 Å². The van der Waals surface area contributed by atoms with Crippen molar-refractivity contribution in [2.45, 2.75) is 38.5 Å². The third-order valence-corrected chi connectivity index (χ3v) is 3.96. The highest BCUT2D eigenvalue weighted by molar-refractivity contribution is 5.94. The largest absolute Gasteiger partial charge is 0.393 e. The van der Waals surface area contributed by atoms with Gasteiger partial charge in [0.25, 0.3) is 5.91 Å². The highest BCUT2D eigenvalue weighted by Gasteiger charge is 2.28. The molecule has 1 heterocycles. The van der Waals surface area contributed by atoms with Crippen LogP contribution in [0.4, 0.5) is 0 Å². The molecule has 1 aliphatic heterocycles. The van der Waals surface area contributed by atoms with Crippen molar-refractivity contribution in [2.24, 2.45) is 0 Å². The minimum atomic E-state index is -0.310. The van der Waals surface area contributed by atoms with Crippen LogP contribution < -0.4 is 5.32 Å². The molecule has 0 saturated carbocycles. The Kier molecular flexibility index (Phi) is 5.33. The van der Waals surface area contributed by atoms with Gasteiger partial charge in [0.2, 0.25) is 5.91 Å². The molecule has 0 spiro atoms. The molecule has 1 aromatic carbocycles. The molecule has 2 N–H and O–H groups in total. The van der Waals surface area contributed by atoms with Crippen LogP contribution in [-0.2, 0) is 11.3 Å². The molecule has 0 aliphatic carbocycles. The molecule has 1 saturated heterocycles. The second-order valence-electron chi connectivity index (χ2n) is 5.64. The number of likely N-dealkylation sites (tertiary alicyclic amines) is 1. The molecule has 5 nitrogen and oxygen atoms in total. The molecule has 0 unspecified atom stereocenters. The Labute approximate surface area is 130 Å². The predicted molar refractivity (Wildman–Crippen MR) is 84.2 cm³/mol. The van der Waals surface area contributed by atoms with Crippen molar-refractivity contribution >= 4 is 11.8 Å². The normalized spacial score (nSPS) is 21.3. The number of benzene rings is 1. The molecular formula is C17H22N2O3. The molecule has 0 bridgehead atoms. The first-order valence-electron chi connectivity index (χ1n) is 7.49. The van der Waals surface area contributed by atoms with Gasteiger partial charge in [0.05, 0.1) is 6.10 Å². The minimum absolute atomic E-state index is 0.0129. The molecule has 2 rings (SSSR count). The summed E-state index contributed by atoms with van der Waals surface area (Å²) in [4.78, 5) is 25.4. The van der Waals surface area contributed by atoms with Crippen LogP contribution in [0.15, 0.2) is 36.9 Å². The van der Waals surface area contributed by atoms with Crippen LogP contribution in [0.25, 0.3) is 0 Å². The van der Waals surface area contributed by atoms with E-state index in [1.807, 2.05) is 19.1 Å². The molecule has 22 heavy (non-hydrogen) atoms. The lowest BCUT2D eigenvalue weighted by Crippen LogP contribution is -2.46. The van der Waals surface area contributed by atoms with Gasteiger partial charge in [-0.1, -0.05) is 18.7 Å². The van der Waals surface area contributed by atoms with Gasteiger partial charge in [0, 0.05) is 24.7 Å². The topological polar surface area (TPSA) is 69.6 Å². The zero-order valence-electron chi connectivity index (χ0n) is 12.8. The van der Waals surface area contributed by atoms with Gasteiger partial charge in [0.15, 0.2) is 0 Å². The van der Waals surface area contributed by atoms with Gasteiger partial charge in [-0.3, -0.25) is 9.59 Å². The Morgan fingerprint density at radius 3 is 2.68 bits per heavy atom. The van der Waals surface area contributed by atoms with Crippen LogP contribution in [0.5, 0.6) is 0 Å². The summed E-state index contributed by atoms with van der Waals surface area (Å²) in [5.74, 6) is -0.234. The summed E-state index contributed by atoms with van der Waals surface area (Å²) in [5, 5.41) is 12.3. The number of amides is 2. The van der Waals surface area contributed by atoms with Gasteiger partial charge >= 0.3 is 0 Å². The van der Waals surface area contributed by atoms with Gasteiger partial charge in [-0.05, 0) is 43.5 Å². The summed E-state index contributed by atoms with van der Waals surface area (Å²) < 4.78 is 0. The van der Waals surface area contributed by atoms with E-state index in [2.05, 4.69) is 11.9 Å². The van der Waals surface area contributed by atoms with Crippen molar-refractivity contribution in [1.82, 2.24) is 10.2 Å². The predicted octanol–water partition coefficient (Wildman–Crippen LogP) is 1.47. The second kappa shape index (κ2) is 7.22. The summed E-state index contributed by atoms with van der Waals surface area (Å²) in [6.45, 7) is 6.34. The molecular weight excluding hydrogens is 280 g/mol. The lowest BCUT2D eigenvalue weighted by atomic mass is 9.99. The van der Waals surface area contributed by atoms with Crippen LogP contribution in [0.1, 0.15) is 35.7 Å². The van der Waals surface area contributed by atoms with E-state index in [9.17, 15) is 14.7 Å². The Bertz CT molecular complexity index is 554. The number of carbonyl (C=O) groups is 2. The minimum Gasteiger partial charge on any atom is -0.393 e. The van der Waals surface area contributed by atoms with Crippen LogP contribution in [0.3, 0.4) is 0 Å². The summed E-state index contributed by atoms with van der Waals surface area (Å²) in [6, 6.07) is 7.26. The van der Waals surface area contributed by atoms with E-state index in [-0.39, 0.29) is 24.0 Å². The van der Waals surface area contributed by atoms with Gasteiger partial charge in [0.1, 0.15) is 0 Å². The van der Waals surface area contributed by atoms with E-state index in [0.717, 1.165) is 5.56 Å². The Morgan fingerprint density at radius 1 is 1.41 bits per heavy atom. The quantitative estimate of drug-likeness (QED) is 0.828. The number of carbonyl (C=O) groups excluding carboxylic acids is 2. The zero-order chi connectivity index (χ0) is 16.1. The average molecular weight is 302 g/mol. The maximum absolute atomic E-state index is 12.5. The molecule has 1 aromatic rings. The summed E-state index contributed by atoms with van der Waals surface area (Å²) >= 11 is 0. The third-order valence-electron chi connectivity index (χ3n) is 3.96. The van der Waals surface area contributed by atoms with Crippen molar-refractivity contribution in [1.29, 1.82) is 0 Å². The first kappa shape index (κ1) is 16.2. The van der Waals surface area contributed by atoms with E-state index in [0.29, 0.717) is 31.5 Å². The lowest BCUT2D eigenvalue weighted by molar-refractivity contribution is -0.116. The number of aliphatic hydroxyl groups excluding tert-OH is 1. The van der Waals surface area contributed by atoms with Crippen molar-refractivity contribution in [2.75, 3.05) is 6.54 Å². The SMILES string of the molecule is C=CC(=O)NCc1ccc(C(=O)N2CC[C@@H](O)C[C@H]2C)cc1. The van der Waals surface area contributed by atoms with E-state index >= 15 is 0 Å². The Balaban J connectivity index is 1.99. The molecule has 118 valence electrons. The smallest absolute Gasteiger partial charge is 0.254 e. The second-order valence-corrected chi connectivity index (χ2v) is 5.64. The number of nitrogens with one attached hydrogen (secondary N) is 1. The van der Waals surface area contributed by atoms with Crippen molar-refractivity contribution in [3.63, 3.8) is 0 Å². The van der Waals surface area contributed by atoms with Crippen molar-refractivity contribution < 1.29 is 14.7 Å². The highest BCUT2D eigenvalue weighted by Crippen LogP contribution is 2.20. The number of piperidine rings is 1. The number of hydrogen-bond acceptors (Lipinski definition) is 3. The van der Waals surface area contributed by atoms with Crippen LogP contribution >= 0.6 is 0 Å². The maximum atomic E-state index is 12.5. The van der Waals surface area contributed by atoms with E-state index < -0.39 is 0 Å². The summed E-state index contributed by atoms with van der Waals surface area (Å²) in [6.07, 6.45) is 2.17. The lowest BCUT2D eigenvalue weighted by Gasteiger charge is -2.36. The molecule has 2 amide bonds. The molecule has 0 aromatic heterocycles. The molecule has 1 fully saturated rings. The van der Waals surface area contributed by atoms with E-state index in [4.69, 9.17) is 0 Å². The average Bonchev–Trinajstić information content (AvgIpc) is 2.52. The molecule has 2 atom stereocenters. The van der Waals surface area contributed by atoms with E-state index in [1.54, 1.807) is 17.0 Å². The van der Waals surface area contributed by atoms with Crippen molar-refractivity contribution in [3.8, 4) is 0 Å². The fourth-order valence-electron chi connectivity index (χ4n) is 2.64. The van der Waals surface area contributed by atoms with Crippen LogP contribution in [0.2, 0.25) is 0 Å². The first-order valence-corrected chi connectivity index (χ1v) is 7.49. The number of hydrogen-bond donors (Lipinski definition) is 2. The van der Waals surface area contributed by atoms with E-state index in [1.165, 1.54) is 6.08 Å². The van der Waals surface area contributed by atoms with Gasteiger partial charge in [-0.2, -0.15) is 0 Å². The standard InChI is InChI=1S/C17H22N2O3/c1-3-16(21)18-11-13-4-6-14(7-5-13)17(22)19-9-8-15(20)10-12(19)2/h3-7,12,15,20H,1,8-11H2,2H3,(H,18,21)/t12-,15-/m1/s1. The van der Waals surface area contributed by atoms with Gasteiger partial charge in [-0.25, -0.2) is 0 Å². The summed E-state index contributed by atoms with van der Waals surface area (Å²) in [5.41, 5.74) is 1.55. The monoisotopic (exact) mass is 302 g/mol. The summed E-state index contributed by atoms with van der Waals surface area (Å²) in [7, 11) is 0. The zero-order valence-corrected chi connectivity index (χ0v) is 12.8. The van der Waals surface area contributed by atoms with Crippen LogP contribution in [0, 0.1) is 0 Å². The molecule has 0 radical (unpaired) electrons. The fraction of sp³-hybridized carbons (Fsp3) is 0.412. The van der Waals surface area contributed by atoms with Crippen molar-refractivity contribution in [3.05, 3.63) is 48.0 Å². The number of nitrogens with zero attached hydrogens (tertiary/aromatic N) is 1. The number of rotatable bonds is 4. The highest BCUT2D eigenvalue weighted by atomic mass is 16.3. The van der Waals surface area contributed by atoms with Gasteiger partial charge < -0.3 is 15.3 Å². The Morgan fingerprint density at radius 2 is 2.09 bits per heavy atom. The third kappa shape index (κ3) is 3.95. The molecule has 5 heteroatoms. The first-order chi connectivity index (χ1) is 10.5. The van der Waals surface area contributed by atoms with Crippen LogP contribution in [-0.4, -0.2) is 40.5 Å².